The summed E-state index contributed by atoms with van der Waals surface area (Å²) in [6.07, 6.45) is 3.98. The molecule has 0 aliphatic carbocycles. The van der Waals surface area contributed by atoms with Gasteiger partial charge in [0.05, 0.1) is 11.5 Å². The molecule has 6 nitrogen and oxygen atoms in total. The summed E-state index contributed by atoms with van der Waals surface area (Å²) >= 11 is 0. The fraction of sp³-hybridized carbons (Fsp3) is 0.250. The molecule has 1 aromatic heterocycles. The van der Waals surface area contributed by atoms with E-state index in [0.29, 0.717) is 24.3 Å². The molecule has 3 rings (SSSR count). The Morgan fingerprint density at radius 3 is 2.42 bits per heavy atom. The van der Waals surface area contributed by atoms with E-state index < -0.39 is 15.1 Å². The first-order chi connectivity index (χ1) is 15.0. The number of pyridine rings is 1. The summed E-state index contributed by atoms with van der Waals surface area (Å²) < 4.78 is 32.1. The number of carbonyl (C=O) groups is 1. The zero-order chi connectivity index (χ0) is 22.1. The number of aromatic nitrogens is 1. The zero-order valence-corrected chi connectivity index (χ0v) is 18.2. The first kappa shape index (κ1) is 22.5. The van der Waals surface area contributed by atoms with Gasteiger partial charge in [0, 0.05) is 25.4 Å². The van der Waals surface area contributed by atoms with Crippen molar-refractivity contribution >= 4 is 15.7 Å². The van der Waals surface area contributed by atoms with E-state index in [2.05, 4.69) is 10.3 Å². The monoisotopic (exact) mass is 438 g/mol. The maximum atomic E-state index is 13.4. The van der Waals surface area contributed by atoms with Crippen LogP contribution in [0.5, 0.6) is 5.75 Å². The molecule has 0 saturated carbocycles. The third-order valence-corrected chi connectivity index (χ3v) is 6.98. The number of aryl methyl sites for hydroxylation is 1. The third kappa shape index (κ3) is 6.15. The van der Waals surface area contributed by atoms with Crippen LogP contribution in [-0.2, 0) is 21.1 Å². The topological polar surface area (TPSA) is 85.4 Å². The number of hydrogen-bond donors (Lipinski definition) is 1. The Balaban J connectivity index is 1.74. The van der Waals surface area contributed by atoms with Gasteiger partial charge >= 0.3 is 0 Å². The molecule has 1 N–H and O–H groups in total. The number of nitrogens with zero attached hydrogens (tertiary/aromatic N) is 1. The van der Waals surface area contributed by atoms with Crippen molar-refractivity contribution in [1.29, 1.82) is 0 Å². The van der Waals surface area contributed by atoms with Crippen LogP contribution in [0.4, 0.5) is 0 Å². The van der Waals surface area contributed by atoms with Crippen LogP contribution in [0.2, 0.25) is 0 Å². The van der Waals surface area contributed by atoms with Crippen LogP contribution >= 0.6 is 0 Å². The highest BCUT2D eigenvalue weighted by atomic mass is 32.2. The highest BCUT2D eigenvalue weighted by Gasteiger charge is 2.30. The summed E-state index contributed by atoms with van der Waals surface area (Å²) in [5, 5.41) is 1.84. The van der Waals surface area contributed by atoms with Crippen LogP contribution in [0.15, 0.2) is 84.0 Å². The zero-order valence-electron chi connectivity index (χ0n) is 17.4. The first-order valence-corrected chi connectivity index (χ1v) is 11.7. The molecular formula is C24H26N2O4S. The van der Waals surface area contributed by atoms with Crippen LogP contribution in [0.3, 0.4) is 0 Å². The number of amides is 1. The predicted molar refractivity (Wildman–Crippen MR) is 120 cm³/mol. The molecule has 2 aromatic carbocycles. The van der Waals surface area contributed by atoms with E-state index in [1.807, 2.05) is 37.3 Å². The number of hydrogen-bond acceptors (Lipinski definition) is 5. The molecule has 1 heterocycles. The number of nitrogens with one attached hydrogen (secondary N) is 1. The molecule has 1 amide bonds. The van der Waals surface area contributed by atoms with Gasteiger partial charge in [0.1, 0.15) is 11.0 Å². The molecule has 0 bridgehead atoms. The molecule has 31 heavy (non-hydrogen) atoms. The van der Waals surface area contributed by atoms with Crippen molar-refractivity contribution in [2.24, 2.45) is 0 Å². The van der Waals surface area contributed by atoms with E-state index >= 15 is 0 Å². The molecule has 1 atom stereocenters. The number of sulfone groups is 1. The van der Waals surface area contributed by atoms with Crippen molar-refractivity contribution in [3.63, 3.8) is 0 Å². The van der Waals surface area contributed by atoms with Gasteiger partial charge in [-0.25, -0.2) is 8.42 Å². The first-order valence-electron chi connectivity index (χ1n) is 10.2. The fourth-order valence-electron chi connectivity index (χ4n) is 3.23. The van der Waals surface area contributed by atoms with Gasteiger partial charge in [-0.1, -0.05) is 36.4 Å². The van der Waals surface area contributed by atoms with Gasteiger partial charge in [-0.2, -0.15) is 0 Å². The highest BCUT2D eigenvalue weighted by Crippen LogP contribution is 2.29. The summed E-state index contributed by atoms with van der Waals surface area (Å²) in [5.41, 5.74) is 1.59. The second kappa shape index (κ2) is 10.7. The Morgan fingerprint density at radius 1 is 1.03 bits per heavy atom. The molecule has 3 aromatic rings. The van der Waals surface area contributed by atoms with Crippen LogP contribution in [0, 0.1) is 0 Å². The Kier molecular flexibility index (Phi) is 7.78. The maximum Gasteiger partial charge on any atom is 0.220 e. The lowest BCUT2D eigenvalue weighted by atomic mass is 10.1. The predicted octanol–water partition coefficient (Wildman–Crippen LogP) is 3.74. The molecular weight excluding hydrogens is 412 g/mol. The molecule has 162 valence electrons. The molecule has 0 radical (unpaired) electrons. The van der Waals surface area contributed by atoms with E-state index in [9.17, 15) is 13.2 Å². The smallest absolute Gasteiger partial charge is 0.220 e. The molecule has 0 fully saturated rings. The average Bonchev–Trinajstić information content (AvgIpc) is 2.80. The van der Waals surface area contributed by atoms with Crippen molar-refractivity contribution < 1.29 is 17.9 Å². The SMILES string of the molecule is CCOc1ccc(S(=O)(=O)C(CNC(=O)CCc2ccccc2)c2cccnc2)cc1. The number of carbonyl (C=O) groups excluding carboxylic acids is 1. The number of rotatable bonds is 10. The average molecular weight is 439 g/mol. The lowest BCUT2D eigenvalue weighted by molar-refractivity contribution is -0.121. The van der Waals surface area contributed by atoms with Gasteiger partial charge < -0.3 is 10.1 Å². The summed E-state index contributed by atoms with van der Waals surface area (Å²) in [7, 11) is -3.76. The highest BCUT2D eigenvalue weighted by molar-refractivity contribution is 7.91. The van der Waals surface area contributed by atoms with E-state index in [1.54, 1.807) is 30.5 Å². The summed E-state index contributed by atoms with van der Waals surface area (Å²) in [6.45, 7) is 2.33. The van der Waals surface area contributed by atoms with Gasteiger partial charge in [-0.05, 0) is 54.8 Å². The second-order valence-corrected chi connectivity index (χ2v) is 9.14. The number of ether oxygens (including phenoxy) is 1. The Bertz CT molecular complexity index is 1070. The minimum Gasteiger partial charge on any atom is -0.494 e. The minimum atomic E-state index is -3.76. The maximum absolute atomic E-state index is 13.4. The molecule has 0 aliphatic rings. The largest absolute Gasteiger partial charge is 0.494 e. The van der Waals surface area contributed by atoms with Crippen LogP contribution in [-0.4, -0.2) is 32.5 Å². The van der Waals surface area contributed by atoms with Crippen molar-refractivity contribution in [2.45, 2.75) is 29.9 Å². The quantitative estimate of drug-likeness (QED) is 0.521. The molecule has 1 unspecified atom stereocenters. The van der Waals surface area contributed by atoms with Crippen molar-refractivity contribution in [3.8, 4) is 5.75 Å². The summed E-state index contributed by atoms with van der Waals surface area (Å²) in [4.78, 5) is 16.6. The lowest BCUT2D eigenvalue weighted by Gasteiger charge is -2.19. The van der Waals surface area contributed by atoms with Crippen LogP contribution < -0.4 is 10.1 Å². The number of benzene rings is 2. The Hall–Kier alpha value is -3.19. The van der Waals surface area contributed by atoms with Crippen LogP contribution in [0.25, 0.3) is 0 Å². The summed E-state index contributed by atoms with van der Waals surface area (Å²) in [6, 6.07) is 19.4. The van der Waals surface area contributed by atoms with Crippen LogP contribution in [0.1, 0.15) is 29.7 Å². The van der Waals surface area contributed by atoms with Gasteiger partial charge in [-0.15, -0.1) is 0 Å². The normalized spacial score (nSPS) is 12.2. The standard InChI is InChI=1S/C24H26N2O4S/c1-2-30-21-11-13-22(14-12-21)31(28,29)23(20-9-6-16-25-17-20)18-26-24(27)15-10-19-7-4-3-5-8-19/h3-9,11-14,16-17,23H,2,10,15,18H2,1H3,(H,26,27). The molecule has 0 aliphatic heterocycles. The summed E-state index contributed by atoms with van der Waals surface area (Å²) in [5.74, 6) is 0.410. The van der Waals surface area contributed by atoms with Crippen molar-refractivity contribution in [3.05, 3.63) is 90.3 Å². The van der Waals surface area contributed by atoms with Gasteiger partial charge in [0.2, 0.25) is 5.91 Å². The minimum absolute atomic E-state index is 0.0329. The van der Waals surface area contributed by atoms with Crippen molar-refractivity contribution in [1.82, 2.24) is 10.3 Å². The Labute approximate surface area is 183 Å². The third-order valence-electron chi connectivity index (χ3n) is 4.86. The fourth-order valence-corrected chi connectivity index (χ4v) is 4.87. The van der Waals surface area contributed by atoms with E-state index in [-0.39, 0.29) is 23.8 Å². The van der Waals surface area contributed by atoms with E-state index in [1.165, 1.54) is 18.3 Å². The van der Waals surface area contributed by atoms with Gasteiger partial charge in [0.15, 0.2) is 9.84 Å². The Morgan fingerprint density at radius 2 is 1.77 bits per heavy atom. The molecule has 7 heteroatoms. The molecule has 0 spiro atoms. The molecule has 0 saturated heterocycles. The van der Waals surface area contributed by atoms with Crippen molar-refractivity contribution in [2.75, 3.05) is 13.2 Å². The lowest BCUT2D eigenvalue weighted by Crippen LogP contribution is -2.32. The van der Waals surface area contributed by atoms with E-state index in [4.69, 9.17) is 4.74 Å². The van der Waals surface area contributed by atoms with Gasteiger partial charge in [-0.3, -0.25) is 9.78 Å². The second-order valence-electron chi connectivity index (χ2n) is 7.01. The van der Waals surface area contributed by atoms with E-state index in [0.717, 1.165) is 5.56 Å². The van der Waals surface area contributed by atoms with Gasteiger partial charge in [0.25, 0.3) is 0 Å².